The van der Waals surface area contributed by atoms with Crippen LogP contribution in [0.5, 0.6) is 0 Å². The SMILES string of the molecule is CC1CCC(Nc2ccc(N)cc2F)C(C)C1. The summed E-state index contributed by atoms with van der Waals surface area (Å²) in [5, 5.41) is 3.32. The molecule has 1 aliphatic carbocycles. The standard InChI is InChI=1S/C14H21FN2/c1-9-3-5-13(10(2)7-9)17-14-6-4-11(16)8-12(14)15/h4,6,8-10,13,17H,3,5,7,16H2,1-2H3. The number of hydrogen-bond acceptors (Lipinski definition) is 2. The summed E-state index contributed by atoms with van der Waals surface area (Å²) in [6.07, 6.45) is 3.55. The normalized spacial score (nSPS) is 29.0. The van der Waals surface area contributed by atoms with E-state index in [0.717, 1.165) is 12.3 Å². The van der Waals surface area contributed by atoms with Crippen LogP contribution in [0.2, 0.25) is 0 Å². The van der Waals surface area contributed by atoms with Crippen molar-refractivity contribution in [3.05, 3.63) is 24.0 Å². The molecule has 1 fully saturated rings. The second kappa shape index (κ2) is 4.94. The van der Waals surface area contributed by atoms with Crippen molar-refractivity contribution in [1.29, 1.82) is 0 Å². The van der Waals surface area contributed by atoms with Gasteiger partial charge in [0.25, 0.3) is 0 Å². The first kappa shape index (κ1) is 12.2. The Morgan fingerprint density at radius 2 is 2.06 bits per heavy atom. The molecule has 3 unspecified atom stereocenters. The van der Waals surface area contributed by atoms with Crippen LogP contribution < -0.4 is 11.1 Å². The number of hydrogen-bond donors (Lipinski definition) is 2. The first-order chi connectivity index (χ1) is 8.06. The average Bonchev–Trinajstić information content (AvgIpc) is 2.25. The summed E-state index contributed by atoms with van der Waals surface area (Å²) in [6, 6.07) is 5.22. The molecular weight excluding hydrogens is 215 g/mol. The van der Waals surface area contributed by atoms with Gasteiger partial charge in [0.2, 0.25) is 0 Å². The molecule has 2 rings (SSSR count). The van der Waals surface area contributed by atoms with Crippen molar-refractivity contribution in [2.45, 2.75) is 39.2 Å². The average molecular weight is 236 g/mol. The lowest BCUT2D eigenvalue weighted by molar-refractivity contribution is 0.276. The number of nitrogen functional groups attached to an aromatic ring is 1. The van der Waals surface area contributed by atoms with Crippen LogP contribution in [0, 0.1) is 17.7 Å². The van der Waals surface area contributed by atoms with E-state index in [4.69, 9.17) is 5.73 Å². The molecular formula is C14H21FN2. The highest BCUT2D eigenvalue weighted by atomic mass is 19.1. The van der Waals surface area contributed by atoms with E-state index in [9.17, 15) is 4.39 Å². The van der Waals surface area contributed by atoms with Crippen LogP contribution in [0.3, 0.4) is 0 Å². The predicted molar refractivity (Wildman–Crippen MR) is 70.4 cm³/mol. The third kappa shape index (κ3) is 2.90. The van der Waals surface area contributed by atoms with Crippen molar-refractivity contribution in [3.8, 4) is 0 Å². The zero-order chi connectivity index (χ0) is 12.4. The molecule has 0 saturated heterocycles. The molecule has 1 saturated carbocycles. The Morgan fingerprint density at radius 3 is 2.71 bits per heavy atom. The fraction of sp³-hybridized carbons (Fsp3) is 0.571. The number of nitrogens with two attached hydrogens (primary N) is 1. The molecule has 0 heterocycles. The minimum atomic E-state index is -0.254. The second-order valence-corrected chi connectivity index (χ2v) is 5.39. The highest BCUT2D eigenvalue weighted by Crippen LogP contribution is 2.31. The molecule has 0 spiro atoms. The van der Waals surface area contributed by atoms with Crippen molar-refractivity contribution in [2.75, 3.05) is 11.1 Å². The third-order valence-electron chi connectivity index (χ3n) is 3.77. The Morgan fingerprint density at radius 1 is 1.29 bits per heavy atom. The topological polar surface area (TPSA) is 38.0 Å². The van der Waals surface area contributed by atoms with Gasteiger partial charge in [-0.2, -0.15) is 0 Å². The minimum absolute atomic E-state index is 0.254. The first-order valence-electron chi connectivity index (χ1n) is 6.38. The maximum Gasteiger partial charge on any atom is 0.148 e. The van der Waals surface area contributed by atoms with Crippen molar-refractivity contribution in [3.63, 3.8) is 0 Å². The Kier molecular flexibility index (Phi) is 3.55. The Labute approximate surface area is 102 Å². The van der Waals surface area contributed by atoms with Gasteiger partial charge in [-0.15, -0.1) is 0 Å². The highest BCUT2D eigenvalue weighted by molar-refractivity contribution is 5.53. The van der Waals surface area contributed by atoms with Crippen LogP contribution in [0.4, 0.5) is 15.8 Å². The van der Waals surface area contributed by atoms with Gasteiger partial charge in [0.05, 0.1) is 5.69 Å². The number of halogens is 1. The van der Waals surface area contributed by atoms with Crippen molar-refractivity contribution < 1.29 is 4.39 Å². The zero-order valence-electron chi connectivity index (χ0n) is 10.5. The molecule has 2 nitrogen and oxygen atoms in total. The summed E-state index contributed by atoms with van der Waals surface area (Å²) in [7, 11) is 0. The lowest BCUT2D eigenvalue weighted by Crippen LogP contribution is -2.33. The minimum Gasteiger partial charge on any atom is -0.399 e. The first-order valence-corrected chi connectivity index (χ1v) is 6.38. The van der Waals surface area contributed by atoms with E-state index in [1.54, 1.807) is 12.1 Å². The van der Waals surface area contributed by atoms with E-state index < -0.39 is 0 Å². The molecule has 0 aromatic heterocycles. The van der Waals surface area contributed by atoms with Gasteiger partial charge in [0, 0.05) is 11.7 Å². The summed E-state index contributed by atoms with van der Waals surface area (Å²) in [5.41, 5.74) is 6.58. The van der Waals surface area contributed by atoms with Gasteiger partial charge < -0.3 is 11.1 Å². The monoisotopic (exact) mass is 236 g/mol. The maximum absolute atomic E-state index is 13.7. The lowest BCUT2D eigenvalue weighted by Gasteiger charge is -2.33. The molecule has 0 radical (unpaired) electrons. The van der Waals surface area contributed by atoms with Gasteiger partial charge in [-0.25, -0.2) is 4.39 Å². The van der Waals surface area contributed by atoms with E-state index >= 15 is 0 Å². The summed E-state index contributed by atoms with van der Waals surface area (Å²) in [5.74, 6) is 1.13. The zero-order valence-corrected chi connectivity index (χ0v) is 10.5. The molecule has 1 aromatic carbocycles. The summed E-state index contributed by atoms with van der Waals surface area (Å²) in [4.78, 5) is 0. The Balaban J connectivity index is 2.05. The third-order valence-corrected chi connectivity index (χ3v) is 3.77. The van der Waals surface area contributed by atoms with E-state index in [2.05, 4.69) is 19.2 Å². The van der Waals surface area contributed by atoms with Crippen LogP contribution in [0.25, 0.3) is 0 Å². The smallest absolute Gasteiger partial charge is 0.148 e. The molecule has 0 aliphatic heterocycles. The molecule has 1 aromatic rings. The molecule has 1 aliphatic rings. The quantitative estimate of drug-likeness (QED) is 0.769. The van der Waals surface area contributed by atoms with E-state index in [0.29, 0.717) is 23.3 Å². The Bertz CT molecular complexity index is 392. The van der Waals surface area contributed by atoms with Gasteiger partial charge >= 0.3 is 0 Å². The van der Waals surface area contributed by atoms with Gasteiger partial charge in [-0.05, 0) is 49.3 Å². The van der Waals surface area contributed by atoms with Gasteiger partial charge in [-0.3, -0.25) is 0 Å². The van der Waals surface area contributed by atoms with E-state index in [-0.39, 0.29) is 5.82 Å². The van der Waals surface area contributed by atoms with Crippen LogP contribution in [-0.2, 0) is 0 Å². The van der Waals surface area contributed by atoms with Crippen LogP contribution in [0.15, 0.2) is 18.2 Å². The van der Waals surface area contributed by atoms with Gasteiger partial charge in [0.1, 0.15) is 5.82 Å². The van der Waals surface area contributed by atoms with Crippen LogP contribution >= 0.6 is 0 Å². The number of anilines is 2. The number of rotatable bonds is 2. The summed E-state index contributed by atoms with van der Waals surface area (Å²) in [6.45, 7) is 4.53. The number of nitrogens with one attached hydrogen (secondary N) is 1. The Hall–Kier alpha value is -1.25. The maximum atomic E-state index is 13.7. The molecule has 0 bridgehead atoms. The van der Waals surface area contributed by atoms with E-state index in [1.807, 2.05) is 0 Å². The second-order valence-electron chi connectivity index (χ2n) is 5.39. The summed E-state index contributed by atoms with van der Waals surface area (Å²) < 4.78 is 13.7. The van der Waals surface area contributed by atoms with E-state index in [1.165, 1.54) is 18.9 Å². The van der Waals surface area contributed by atoms with Crippen molar-refractivity contribution >= 4 is 11.4 Å². The largest absolute Gasteiger partial charge is 0.399 e. The van der Waals surface area contributed by atoms with Gasteiger partial charge in [-0.1, -0.05) is 13.8 Å². The van der Waals surface area contributed by atoms with Crippen LogP contribution in [-0.4, -0.2) is 6.04 Å². The molecule has 3 atom stereocenters. The molecule has 3 heteroatoms. The number of benzene rings is 1. The molecule has 0 amide bonds. The fourth-order valence-corrected chi connectivity index (χ4v) is 2.73. The highest BCUT2D eigenvalue weighted by Gasteiger charge is 2.25. The van der Waals surface area contributed by atoms with Crippen LogP contribution in [0.1, 0.15) is 33.1 Å². The van der Waals surface area contributed by atoms with Crippen molar-refractivity contribution in [1.82, 2.24) is 0 Å². The lowest BCUT2D eigenvalue weighted by atomic mass is 9.80. The predicted octanol–water partition coefficient (Wildman–Crippen LogP) is 3.64. The molecule has 94 valence electrons. The van der Waals surface area contributed by atoms with Gasteiger partial charge in [0.15, 0.2) is 0 Å². The summed E-state index contributed by atoms with van der Waals surface area (Å²) >= 11 is 0. The fourth-order valence-electron chi connectivity index (χ4n) is 2.73. The van der Waals surface area contributed by atoms with Crippen molar-refractivity contribution in [2.24, 2.45) is 11.8 Å². The molecule has 3 N–H and O–H groups in total. The molecule has 17 heavy (non-hydrogen) atoms.